The molecule has 0 aliphatic heterocycles. The minimum atomic E-state index is -0.200. The molecule has 3 aromatic rings. The fraction of sp³-hybridized carbons (Fsp3) is 0.353. The average Bonchev–Trinajstić information content (AvgIpc) is 3.22. The quantitative estimate of drug-likeness (QED) is 0.644. The van der Waals surface area contributed by atoms with E-state index in [0.717, 1.165) is 4.70 Å². The van der Waals surface area contributed by atoms with Gasteiger partial charge in [-0.15, -0.1) is 0 Å². The molecule has 2 aromatic heterocycles. The van der Waals surface area contributed by atoms with E-state index in [9.17, 15) is 4.79 Å². The van der Waals surface area contributed by atoms with Gasteiger partial charge in [-0.1, -0.05) is 22.9 Å². The number of rotatable bonds is 6. The van der Waals surface area contributed by atoms with Crippen LogP contribution < -0.4 is 9.64 Å². The maximum atomic E-state index is 13.1. The molecule has 0 aliphatic carbocycles. The number of anilines is 1. The number of fused-ring (bicyclic) bond motifs is 1. The molecule has 2 heterocycles. The summed E-state index contributed by atoms with van der Waals surface area (Å²) < 4.78 is 7.88. The highest BCUT2D eigenvalue weighted by Crippen LogP contribution is 2.38. The van der Waals surface area contributed by atoms with Crippen molar-refractivity contribution in [3.8, 4) is 5.75 Å². The lowest BCUT2D eigenvalue weighted by molar-refractivity contribution is 0.0972. The fourth-order valence-electron chi connectivity index (χ4n) is 2.50. The SMILES string of the molecule is COc1ccc(Cl)c2sc(N(CCN(C)C)C(=O)c3nccn3C)nc12. The van der Waals surface area contributed by atoms with Crippen molar-refractivity contribution in [2.45, 2.75) is 0 Å². The Balaban J connectivity index is 2.07. The number of carbonyl (C=O) groups is 1. The summed E-state index contributed by atoms with van der Waals surface area (Å²) in [5, 5.41) is 1.16. The first kappa shape index (κ1) is 18.6. The number of benzene rings is 1. The van der Waals surface area contributed by atoms with Gasteiger partial charge in [0.05, 0.1) is 16.8 Å². The predicted molar refractivity (Wildman–Crippen MR) is 105 cm³/mol. The number of amides is 1. The Hall–Kier alpha value is -2.16. The third-order valence-corrected chi connectivity index (χ3v) is 5.47. The molecule has 0 saturated carbocycles. The predicted octanol–water partition coefficient (Wildman–Crippen LogP) is 2.90. The van der Waals surface area contributed by atoms with Crippen LogP contribution >= 0.6 is 22.9 Å². The molecule has 3 rings (SSSR count). The van der Waals surface area contributed by atoms with E-state index in [2.05, 4.69) is 9.97 Å². The number of nitrogens with zero attached hydrogens (tertiary/aromatic N) is 5. The second-order valence-electron chi connectivity index (χ2n) is 6.05. The number of aryl methyl sites for hydroxylation is 1. The molecule has 0 radical (unpaired) electrons. The average molecular weight is 394 g/mol. The molecule has 7 nitrogen and oxygen atoms in total. The Morgan fingerprint density at radius 1 is 1.35 bits per heavy atom. The van der Waals surface area contributed by atoms with Gasteiger partial charge in [-0.2, -0.15) is 0 Å². The van der Waals surface area contributed by atoms with Crippen molar-refractivity contribution in [2.24, 2.45) is 7.05 Å². The molecule has 1 amide bonds. The van der Waals surface area contributed by atoms with Crippen LogP contribution in [-0.4, -0.2) is 59.6 Å². The Labute approximate surface area is 160 Å². The van der Waals surface area contributed by atoms with Crippen molar-refractivity contribution >= 4 is 44.2 Å². The molecule has 9 heteroatoms. The Kier molecular flexibility index (Phi) is 5.45. The number of halogens is 1. The lowest BCUT2D eigenvalue weighted by Gasteiger charge is -2.21. The fourth-order valence-corrected chi connectivity index (χ4v) is 3.78. The summed E-state index contributed by atoms with van der Waals surface area (Å²) in [5.41, 5.74) is 0.655. The molecule has 0 fully saturated rings. The number of carbonyl (C=O) groups excluding carboxylic acids is 1. The van der Waals surface area contributed by atoms with Gasteiger partial charge in [-0.25, -0.2) is 9.97 Å². The number of aromatic nitrogens is 3. The van der Waals surface area contributed by atoms with Gasteiger partial charge in [-0.3, -0.25) is 9.69 Å². The van der Waals surface area contributed by atoms with Gasteiger partial charge in [0, 0.05) is 32.5 Å². The first-order valence-corrected chi connectivity index (χ1v) is 9.18. The molecule has 0 aliphatic rings. The van der Waals surface area contributed by atoms with Gasteiger partial charge in [0.25, 0.3) is 5.91 Å². The maximum absolute atomic E-state index is 13.1. The second-order valence-corrected chi connectivity index (χ2v) is 7.43. The van der Waals surface area contributed by atoms with E-state index in [1.807, 2.05) is 19.0 Å². The van der Waals surface area contributed by atoms with Gasteiger partial charge >= 0.3 is 0 Å². The second kappa shape index (κ2) is 7.61. The zero-order valence-electron chi connectivity index (χ0n) is 15.1. The molecule has 0 spiro atoms. The first-order valence-electron chi connectivity index (χ1n) is 7.99. The standard InChI is InChI=1S/C17H20ClN5O2S/c1-21(2)9-10-23(16(24)15-19-7-8-22(15)3)17-20-13-12(25-4)6-5-11(18)14(13)26-17/h5-8H,9-10H2,1-4H3. The van der Waals surface area contributed by atoms with Crippen molar-refractivity contribution in [1.82, 2.24) is 19.4 Å². The van der Waals surface area contributed by atoms with Crippen LogP contribution in [0.4, 0.5) is 5.13 Å². The number of methoxy groups -OCH3 is 1. The van der Waals surface area contributed by atoms with Gasteiger partial charge in [0.15, 0.2) is 11.0 Å². The van der Waals surface area contributed by atoms with Crippen LogP contribution in [-0.2, 0) is 7.05 Å². The molecule has 0 saturated heterocycles. The zero-order chi connectivity index (χ0) is 18.8. The lowest BCUT2D eigenvalue weighted by Crippen LogP contribution is -2.38. The minimum absolute atomic E-state index is 0.200. The summed E-state index contributed by atoms with van der Waals surface area (Å²) in [7, 11) is 7.30. The van der Waals surface area contributed by atoms with Crippen LogP contribution in [0.1, 0.15) is 10.6 Å². The van der Waals surface area contributed by atoms with Gasteiger partial charge in [0.1, 0.15) is 11.3 Å². The molecule has 0 bridgehead atoms. The van der Waals surface area contributed by atoms with E-state index in [1.54, 1.807) is 48.2 Å². The van der Waals surface area contributed by atoms with Crippen molar-refractivity contribution in [3.63, 3.8) is 0 Å². The lowest BCUT2D eigenvalue weighted by atomic mass is 10.3. The Bertz CT molecular complexity index is 937. The van der Waals surface area contributed by atoms with E-state index in [4.69, 9.17) is 16.3 Å². The molecule has 0 unspecified atom stereocenters. The maximum Gasteiger partial charge on any atom is 0.296 e. The van der Waals surface area contributed by atoms with Crippen molar-refractivity contribution < 1.29 is 9.53 Å². The molecule has 0 N–H and O–H groups in total. The summed E-state index contributed by atoms with van der Waals surface area (Å²) in [5.74, 6) is 0.790. The highest BCUT2D eigenvalue weighted by atomic mass is 35.5. The van der Waals surface area contributed by atoms with Gasteiger partial charge < -0.3 is 14.2 Å². The van der Waals surface area contributed by atoms with E-state index < -0.39 is 0 Å². The number of thiazole rings is 1. The largest absolute Gasteiger partial charge is 0.494 e. The Morgan fingerprint density at radius 2 is 2.12 bits per heavy atom. The van der Waals surface area contributed by atoms with E-state index in [0.29, 0.717) is 40.3 Å². The molecule has 1 aromatic carbocycles. The number of ether oxygens (including phenoxy) is 1. The van der Waals surface area contributed by atoms with Crippen LogP contribution in [0.25, 0.3) is 10.2 Å². The number of hydrogen-bond donors (Lipinski definition) is 0. The number of imidazole rings is 1. The normalized spacial score (nSPS) is 11.3. The third kappa shape index (κ3) is 3.53. The van der Waals surface area contributed by atoms with E-state index in [1.165, 1.54) is 11.3 Å². The van der Waals surface area contributed by atoms with Gasteiger partial charge in [-0.05, 0) is 26.2 Å². The highest BCUT2D eigenvalue weighted by molar-refractivity contribution is 7.23. The third-order valence-electron chi connectivity index (χ3n) is 3.93. The van der Waals surface area contributed by atoms with Gasteiger partial charge in [0.2, 0.25) is 0 Å². The van der Waals surface area contributed by atoms with Crippen LogP contribution in [0.15, 0.2) is 24.5 Å². The molecule has 26 heavy (non-hydrogen) atoms. The van der Waals surface area contributed by atoms with E-state index >= 15 is 0 Å². The smallest absolute Gasteiger partial charge is 0.296 e. The van der Waals surface area contributed by atoms with Crippen molar-refractivity contribution in [1.29, 1.82) is 0 Å². The van der Waals surface area contributed by atoms with Crippen LogP contribution in [0.3, 0.4) is 0 Å². The van der Waals surface area contributed by atoms with Crippen LogP contribution in [0.2, 0.25) is 5.02 Å². The molecular formula is C17H20ClN5O2S. The number of likely N-dealkylation sites (N-methyl/N-ethyl adjacent to an activating group) is 1. The zero-order valence-corrected chi connectivity index (χ0v) is 16.6. The monoisotopic (exact) mass is 393 g/mol. The van der Waals surface area contributed by atoms with E-state index in [-0.39, 0.29) is 5.91 Å². The first-order chi connectivity index (χ1) is 12.4. The minimum Gasteiger partial charge on any atom is -0.494 e. The highest BCUT2D eigenvalue weighted by Gasteiger charge is 2.25. The van der Waals surface area contributed by atoms with Crippen LogP contribution in [0.5, 0.6) is 5.75 Å². The van der Waals surface area contributed by atoms with Crippen molar-refractivity contribution in [2.75, 3.05) is 39.2 Å². The Morgan fingerprint density at radius 3 is 2.73 bits per heavy atom. The van der Waals surface area contributed by atoms with Crippen molar-refractivity contribution in [3.05, 3.63) is 35.4 Å². The van der Waals surface area contributed by atoms with Crippen LogP contribution in [0, 0.1) is 0 Å². The summed E-state index contributed by atoms with van der Waals surface area (Å²) in [4.78, 5) is 25.6. The summed E-state index contributed by atoms with van der Waals surface area (Å²) in [6.07, 6.45) is 3.35. The number of hydrogen-bond acceptors (Lipinski definition) is 6. The molecular weight excluding hydrogens is 374 g/mol. The topological polar surface area (TPSA) is 63.5 Å². The molecule has 0 atom stereocenters. The summed E-state index contributed by atoms with van der Waals surface area (Å²) in [6.45, 7) is 1.18. The molecule has 138 valence electrons. The summed E-state index contributed by atoms with van der Waals surface area (Å²) >= 11 is 7.69. The summed E-state index contributed by atoms with van der Waals surface area (Å²) in [6, 6.07) is 3.55.